The lowest BCUT2D eigenvalue weighted by atomic mass is 9.46. The topological polar surface area (TPSA) is 308 Å². The van der Waals surface area contributed by atoms with Gasteiger partial charge in [-0.15, -0.1) is 20.4 Å². The lowest BCUT2D eigenvalue weighted by Gasteiger charge is -2.59. The number of nitrogens with zero attached hydrogens (tertiary/aromatic N) is 4. The van der Waals surface area contributed by atoms with Crippen molar-refractivity contribution in [3.8, 4) is 11.4 Å². The third-order valence-corrected chi connectivity index (χ3v) is 19.7. The summed E-state index contributed by atoms with van der Waals surface area (Å²) >= 11 is 0. The van der Waals surface area contributed by atoms with Gasteiger partial charge in [0, 0.05) is 45.5 Å². The van der Waals surface area contributed by atoms with Crippen LogP contribution in [-0.2, 0) is 62.4 Å². The number of ketones is 2. The molecule has 8 aliphatic rings. The van der Waals surface area contributed by atoms with Gasteiger partial charge in [0.05, 0.1) is 25.2 Å². The number of alkyl carbamates (subject to hydrolysis) is 1. The summed E-state index contributed by atoms with van der Waals surface area (Å²) in [6.45, 7) is 2.99. The minimum Gasteiger partial charge on any atom is -0.481 e. The maximum Gasteiger partial charge on any atom is 0.407 e. The zero-order chi connectivity index (χ0) is 58.3. The third kappa shape index (κ3) is 11.2. The molecule has 21 heteroatoms. The molecule has 21 nitrogen and oxygen atoms in total. The van der Waals surface area contributed by atoms with Crippen molar-refractivity contribution in [2.45, 2.75) is 146 Å². The van der Waals surface area contributed by atoms with Gasteiger partial charge < -0.3 is 50.8 Å². The Labute approximate surface area is 479 Å². The average Bonchev–Trinajstić information content (AvgIpc) is 2.65. The zero-order valence-electron chi connectivity index (χ0n) is 46.5. The van der Waals surface area contributed by atoms with E-state index in [1.165, 1.54) is 11.9 Å². The first-order chi connectivity index (χ1) is 39.8. The Morgan fingerprint density at radius 3 is 2.23 bits per heavy atom. The zero-order valence-corrected chi connectivity index (χ0v) is 46.5. The molecule has 1 aromatic heterocycles. The summed E-state index contributed by atoms with van der Waals surface area (Å²) in [5.41, 5.74) is 2.38. The second-order valence-electron chi connectivity index (χ2n) is 24.5. The van der Waals surface area contributed by atoms with E-state index in [9.17, 15) is 48.9 Å². The van der Waals surface area contributed by atoms with Crippen LogP contribution in [0.25, 0.3) is 11.4 Å². The van der Waals surface area contributed by atoms with E-state index in [0.29, 0.717) is 41.0 Å². The fourth-order valence-corrected chi connectivity index (χ4v) is 15.4. The number of ether oxygens (including phenoxy) is 3. The molecule has 10 atom stereocenters. The number of allylic oxidation sites excluding steroid dienone is 4. The molecule has 2 bridgehead atoms. The Kier molecular flexibility index (Phi) is 15.8. The number of carbonyl (C=O) groups is 7. The second kappa shape index (κ2) is 22.9. The number of amides is 4. The Morgan fingerprint density at radius 1 is 0.855 bits per heavy atom. The van der Waals surface area contributed by atoms with E-state index in [0.717, 1.165) is 68.9 Å². The van der Waals surface area contributed by atoms with Gasteiger partial charge in [0.15, 0.2) is 29.8 Å². The predicted molar refractivity (Wildman–Crippen MR) is 297 cm³/mol. The van der Waals surface area contributed by atoms with E-state index >= 15 is 0 Å². The number of anilines is 1. The number of aliphatic carboxylic acids is 1. The Balaban J connectivity index is 0.627. The quantitative estimate of drug-likeness (QED) is 0.0588. The van der Waals surface area contributed by atoms with Crippen LogP contribution in [0.3, 0.4) is 0 Å². The first kappa shape index (κ1) is 57.2. The summed E-state index contributed by atoms with van der Waals surface area (Å²) in [5.74, 6) is -3.10. The summed E-state index contributed by atoms with van der Waals surface area (Å²) in [6.07, 6.45) is 11.7. The SMILES string of the molecule is C[C@]12C=CC(=O)C=C1CC[C@@H]1[C@@H]2[C@@H](O)C[C@@]2(C)[C@H]1C[C@H]1OC(c3ccc(CC45CCC(NC(=O)OCc6ccc(NC(=O)[C@H](CCC(=O)O)NC(=O)CNC(=O)Cc7ccc(-c8nncnn8)cc7)cc6)(CC4)CC5)cc3)O[C@]12C(=O)CO. The molecule has 1 unspecified atom stereocenters. The second-order valence-corrected chi connectivity index (χ2v) is 24.5. The van der Waals surface area contributed by atoms with Crippen LogP contribution >= 0.6 is 0 Å². The molecule has 83 heavy (non-hydrogen) atoms. The normalized spacial score (nSPS) is 31.2. The lowest BCUT2D eigenvalue weighted by Crippen LogP contribution is -2.63. The van der Waals surface area contributed by atoms with Crippen molar-refractivity contribution in [3.05, 3.63) is 125 Å². The van der Waals surface area contributed by atoms with Crippen LogP contribution in [0.4, 0.5) is 10.5 Å². The number of Topliss-reactive ketones (excluding diaryl/α,β-unsaturated/α-hetero) is 1. The van der Waals surface area contributed by atoms with E-state index in [1.807, 2.05) is 25.1 Å². The number of benzene rings is 3. The van der Waals surface area contributed by atoms with Crippen LogP contribution in [0.15, 0.2) is 103 Å². The molecular weight excluding hydrogens is 1060 g/mol. The number of fused-ring (bicyclic) bond motifs is 10. The van der Waals surface area contributed by atoms with Gasteiger partial charge in [-0.05, 0) is 135 Å². The number of carbonyl (C=O) groups excluding carboxylic acids is 6. The van der Waals surface area contributed by atoms with Gasteiger partial charge >= 0.3 is 12.1 Å². The van der Waals surface area contributed by atoms with Crippen molar-refractivity contribution in [1.82, 2.24) is 36.3 Å². The van der Waals surface area contributed by atoms with E-state index < -0.39 is 96.1 Å². The molecule has 7 N–H and O–H groups in total. The predicted octanol–water partition coefficient (Wildman–Crippen LogP) is 5.75. The molecule has 1 aliphatic heterocycles. The molecular formula is C62H70N8O13. The molecule has 12 rings (SSSR count). The first-order valence-electron chi connectivity index (χ1n) is 28.7. The van der Waals surface area contributed by atoms with Crippen LogP contribution in [0, 0.1) is 34.0 Å². The number of aliphatic hydroxyl groups is 2. The van der Waals surface area contributed by atoms with E-state index in [-0.39, 0.29) is 53.9 Å². The van der Waals surface area contributed by atoms with Gasteiger partial charge in [-0.2, -0.15) is 0 Å². The summed E-state index contributed by atoms with van der Waals surface area (Å²) in [4.78, 5) is 90.0. The Hall–Kier alpha value is -7.59. The summed E-state index contributed by atoms with van der Waals surface area (Å²) in [7, 11) is 0. The molecule has 4 aromatic rings. The lowest BCUT2D eigenvalue weighted by molar-refractivity contribution is -0.201. The number of aliphatic hydroxyl groups excluding tert-OH is 2. The number of rotatable bonds is 19. The van der Waals surface area contributed by atoms with Crippen molar-refractivity contribution in [3.63, 3.8) is 0 Å². The molecule has 1 saturated heterocycles. The summed E-state index contributed by atoms with van der Waals surface area (Å²) in [6, 6.07) is 20.4. The largest absolute Gasteiger partial charge is 0.481 e. The van der Waals surface area contributed by atoms with Gasteiger partial charge in [0.2, 0.25) is 23.5 Å². The average molecular weight is 1140 g/mol. The minimum absolute atomic E-state index is 0.00371. The van der Waals surface area contributed by atoms with Gasteiger partial charge in [0.1, 0.15) is 19.3 Å². The van der Waals surface area contributed by atoms with Crippen molar-refractivity contribution in [2.24, 2.45) is 34.0 Å². The number of hydrogen-bond acceptors (Lipinski definition) is 16. The van der Waals surface area contributed by atoms with Gasteiger partial charge in [-0.1, -0.05) is 86.2 Å². The number of nitrogens with one attached hydrogen (secondary N) is 4. The van der Waals surface area contributed by atoms with E-state index in [2.05, 4.69) is 60.7 Å². The van der Waals surface area contributed by atoms with Crippen LogP contribution < -0.4 is 21.3 Å². The van der Waals surface area contributed by atoms with Crippen LogP contribution in [0.1, 0.15) is 119 Å². The fourth-order valence-electron chi connectivity index (χ4n) is 15.4. The third-order valence-electron chi connectivity index (χ3n) is 19.7. The summed E-state index contributed by atoms with van der Waals surface area (Å²) in [5, 5.41) is 58.0. The van der Waals surface area contributed by atoms with Crippen molar-refractivity contribution in [1.29, 1.82) is 0 Å². The highest BCUT2D eigenvalue weighted by atomic mass is 16.7. The highest BCUT2D eigenvalue weighted by molar-refractivity contribution is 6.01. The smallest absolute Gasteiger partial charge is 0.407 e. The Morgan fingerprint density at radius 2 is 1.54 bits per heavy atom. The molecule has 0 spiro atoms. The van der Waals surface area contributed by atoms with Crippen LogP contribution in [0.5, 0.6) is 0 Å². The molecule has 7 aliphatic carbocycles. The van der Waals surface area contributed by atoms with Gasteiger partial charge in [-0.3, -0.25) is 28.8 Å². The van der Waals surface area contributed by atoms with E-state index in [4.69, 9.17) is 14.2 Å². The van der Waals surface area contributed by atoms with Gasteiger partial charge in [0.25, 0.3) is 0 Å². The number of hydrogen-bond donors (Lipinski definition) is 7. The fraction of sp³-hybridized carbons (Fsp3) is 0.500. The molecule has 3 aromatic carbocycles. The van der Waals surface area contributed by atoms with Crippen molar-refractivity contribution >= 4 is 47.0 Å². The molecule has 7 fully saturated rings. The minimum atomic E-state index is -1.43. The maximum atomic E-state index is 14.1. The van der Waals surface area contributed by atoms with E-state index in [1.54, 1.807) is 60.7 Å². The molecule has 0 radical (unpaired) electrons. The highest BCUT2D eigenvalue weighted by Crippen LogP contribution is 2.70. The number of aromatic nitrogens is 4. The van der Waals surface area contributed by atoms with Crippen molar-refractivity contribution < 1.29 is 63.1 Å². The van der Waals surface area contributed by atoms with Gasteiger partial charge in [-0.25, -0.2) is 4.79 Å². The monoisotopic (exact) mass is 1130 g/mol. The summed E-state index contributed by atoms with van der Waals surface area (Å²) < 4.78 is 19.2. The Bertz CT molecular complexity index is 3210. The molecule has 2 heterocycles. The van der Waals surface area contributed by atoms with Crippen LogP contribution in [0.2, 0.25) is 0 Å². The molecule has 4 amide bonds. The number of carboxylic acid groups (broad SMARTS) is 1. The molecule has 6 saturated carbocycles. The van der Waals surface area contributed by atoms with Crippen molar-refractivity contribution in [2.75, 3.05) is 18.5 Å². The molecule has 436 valence electrons. The maximum absolute atomic E-state index is 14.1. The van der Waals surface area contributed by atoms with Crippen LogP contribution in [-0.4, -0.2) is 120 Å². The first-order valence-corrected chi connectivity index (χ1v) is 28.7. The standard InChI is InChI=1S/C62H70N8O13/c1-58-20-19-43(72)28-41(58)13-16-44-45-29-49-62(48(74)33-71,59(45,2)31-47(73)53(44)58)83-56(82-49)40-11-5-37(6-12-40)30-60-21-24-61(25-22-60,26-23-60)68-57(80)81-34-38-7-14-42(15-8-38)66-55(79)46(17-18-52(77)78)67-51(76)32-63-50(75)27-36-3-9-39(10-4-36)54-69-64-35-65-70-54/h3-12,14-15,19-20,28,35,44-47,49,53,56,71,73H,13,16-18,21-27,29-34H2,1-2H3,(H,63,75)(H,66,79)(H,67,76)(H,68,80)(H,77,78)/t44-,45-,46-,47-,49+,53+,56?,58-,59-,60?,61?,62+/m0/s1. The highest BCUT2D eigenvalue weighted by Gasteiger charge is 2.76. The number of carboxylic acids is 1.